The summed E-state index contributed by atoms with van der Waals surface area (Å²) in [7, 11) is 0. The Balaban J connectivity index is 1.76. The Morgan fingerprint density at radius 3 is 2.76 bits per heavy atom. The molecule has 1 aromatic rings. The fraction of sp³-hybridized carbons (Fsp3) is 0.600. The van der Waals surface area contributed by atoms with E-state index in [0.717, 1.165) is 29.7 Å². The summed E-state index contributed by atoms with van der Waals surface area (Å²) in [5.41, 5.74) is 1.17. The number of benzene rings is 1. The monoisotopic (exact) mass is 355 g/mol. The van der Waals surface area contributed by atoms with Crippen LogP contribution in [0.3, 0.4) is 0 Å². The molecule has 6 heteroatoms. The molecule has 1 fully saturated rings. The second-order valence-corrected chi connectivity index (χ2v) is 6.63. The zero-order valence-corrected chi connectivity index (χ0v) is 13.9. The Hall–Kier alpha value is -0.980. The molecule has 0 radical (unpaired) electrons. The Labute approximate surface area is 134 Å². The van der Waals surface area contributed by atoms with Crippen LogP contribution in [0, 0.1) is 16.0 Å². The Kier molecular flexibility index (Phi) is 6.14. The minimum atomic E-state index is -0.375. The molecule has 0 amide bonds. The molecule has 1 N–H and O–H groups in total. The smallest absolute Gasteiger partial charge is 0.270 e. The van der Waals surface area contributed by atoms with Crippen LogP contribution < -0.4 is 5.32 Å². The molecular formula is C15H22BrN3O2. The SMILES string of the molecule is CC(CNCc1ccc([N+](=O)[O-])cc1Br)CN1CCCC1. The molecule has 1 unspecified atom stereocenters. The molecule has 0 aliphatic carbocycles. The highest BCUT2D eigenvalue weighted by molar-refractivity contribution is 9.10. The third-order valence-corrected chi connectivity index (χ3v) is 4.56. The normalized spacial score (nSPS) is 17.0. The molecule has 1 aromatic carbocycles. The summed E-state index contributed by atoms with van der Waals surface area (Å²) < 4.78 is 0.788. The van der Waals surface area contributed by atoms with Crippen molar-refractivity contribution in [1.82, 2.24) is 10.2 Å². The van der Waals surface area contributed by atoms with Crippen molar-refractivity contribution in [3.8, 4) is 0 Å². The van der Waals surface area contributed by atoms with Gasteiger partial charge >= 0.3 is 0 Å². The first kappa shape index (κ1) is 16.4. The molecule has 0 spiro atoms. The minimum Gasteiger partial charge on any atom is -0.312 e. The zero-order chi connectivity index (χ0) is 15.2. The summed E-state index contributed by atoms with van der Waals surface area (Å²) in [5.74, 6) is 0.611. The van der Waals surface area contributed by atoms with Gasteiger partial charge in [-0.3, -0.25) is 10.1 Å². The third-order valence-electron chi connectivity index (χ3n) is 3.82. The summed E-state index contributed by atoms with van der Waals surface area (Å²) in [5, 5.41) is 14.1. The predicted molar refractivity (Wildman–Crippen MR) is 87.3 cm³/mol. The maximum absolute atomic E-state index is 10.7. The highest BCUT2D eigenvalue weighted by Gasteiger charge is 2.14. The van der Waals surface area contributed by atoms with Gasteiger partial charge in [0.25, 0.3) is 5.69 Å². The third kappa shape index (κ3) is 5.05. The Morgan fingerprint density at radius 2 is 2.14 bits per heavy atom. The van der Waals surface area contributed by atoms with E-state index < -0.39 is 0 Å². The molecule has 0 bridgehead atoms. The number of nitrogens with zero attached hydrogens (tertiary/aromatic N) is 2. The number of nitro groups is 1. The highest BCUT2D eigenvalue weighted by Crippen LogP contribution is 2.22. The van der Waals surface area contributed by atoms with Crippen molar-refractivity contribution in [2.24, 2.45) is 5.92 Å². The molecule has 0 aromatic heterocycles. The summed E-state index contributed by atoms with van der Waals surface area (Å²) in [6.07, 6.45) is 2.66. The molecule has 1 atom stereocenters. The van der Waals surface area contributed by atoms with Crippen molar-refractivity contribution < 1.29 is 4.92 Å². The summed E-state index contributed by atoms with van der Waals surface area (Å²) in [6, 6.07) is 4.92. The van der Waals surface area contributed by atoms with Crippen LogP contribution in [0.4, 0.5) is 5.69 Å². The van der Waals surface area contributed by atoms with E-state index in [2.05, 4.69) is 33.1 Å². The lowest BCUT2D eigenvalue weighted by Gasteiger charge is -2.20. The average molecular weight is 356 g/mol. The van der Waals surface area contributed by atoms with Crippen LogP contribution in [-0.4, -0.2) is 36.0 Å². The van der Waals surface area contributed by atoms with Crippen molar-refractivity contribution in [2.75, 3.05) is 26.2 Å². The number of nitrogens with one attached hydrogen (secondary N) is 1. The van der Waals surface area contributed by atoms with E-state index in [1.165, 1.54) is 25.9 Å². The molecule has 0 saturated carbocycles. The highest BCUT2D eigenvalue weighted by atomic mass is 79.9. The van der Waals surface area contributed by atoms with Crippen molar-refractivity contribution in [3.63, 3.8) is 0 Å². The van der Waals surface area contributed by atoms with Gasteiger partial charge in [0.15, 0.2) is 0 Å². The fourth-order valence-electron chi connectivity index (χ4n) is 2.72. The summed E-state index contributed by atoms with van der Waals surface area (Å²) in [6.45, 7) is 7.56. The molecular weight excluding hydrogens is 334 g/mol. The lowest BCUT2D eigenvalue weighted by molar-refractivity contribution is -0.384. The number of halogens is 1. The van der Waals surface area contributed by atoms with Crippen LogP contribution in [-0.2, 0) is 6.54 Å². The van der Waals surface area contributed by atoms with Gasteiger partial charge in [0.05, 0.1) is 4.92 Å². The lowest BCUT2D eigenvalue weighted by atomic mass is 10.1. The van der Waals surface area contributed by atoms with Crippen molar-refractivity contribution in [1.29, 1.82) is 0 Å². The topological polar surface area (TPSA) is 58.4 Å². The molecule has 116 valence electrons. The van der Waals surface area contributed by atoms with Gasteiger partial charge in [0, 0.05) is 29.7 Å². The van der Waals surface area contributed by atoms with Crippen LogP contribution in [0.1, 0.15) is 25.3 Å². The van der Waals surface area contributed by atoms with E-state index in [4.69, 9.17) is 0 Å². The van der Waals surface area contributed by atoms with Crippen LogP contribution in [0.5, 0.6) is 0 Å². The number of rotatable bonds is 7. The van der Waals surface area contributed by atoms with Crippen LogP contribution in [0.2, 0.25) is 0 Å². The second-order valence-electron chi connectivity index (χ2n) is 5.78. The number of nitro benzene ring substituents is 1. The second kappa shape index (κ2) is 7.87. The van der Waals surface area contributed by atoms with Gasteiger partial charge in [-0.25, -0.2) is 0 Å². The van der Waals surface area contributed by atoms with Gasteiger partial charge < -0.3 is 10.2 Å². The van der Waals surface area contributed by atoms with Gasteiger partial charge in [-0.2, -0.15) is 0 Å². The largest absolute Gasteiger partial charge is 0.312 e. The standard InChI is InChI=1S/C15H22BrN3O2/c1-12(11-18-6-2-3-7-18)9-17-10-13-4-5-14(19(20)21)8-15(13)16/h4-5,8,12,17H,2-3,6-7,9-11H2,1H3. The fourth-order valence-corrected chi connectivity index (χ4v) is 3.22. The van der Waals surface area contributed by atoms with Gasteiger partial charge in [-0.1, -0.05) is 22.9 Å². The van der Waals surface area contributed by atoms with E-state index in [1.807, 2.05) is 0 Å². The number of likely N-dealkylation sites (tertiary alicyclic amines) is 1. The first-order valence-electron chi connectivity index (χ1n) is 7.42. The van der Waals surface area contributed by atoms with E-state index >= 15 is 0 Å². The van der Waals surface area contributed by atoms with Crippen LogP contribution >= 0.6 is 15.9 Å². The molecule has 1 aliphatic heterocycles. The average Bonchev–Trinajstić information content (AvgIpc) is 2.93. The van der Waals surface area contributed by atoms with Crippen molar-refractivity contribution in [3.05, 3.63) is 38.3 Å². The van der Waals surface area contributed by atoms with E-state index in [9.17, 15) is 10.1 Å². The van der Waals surface area contributed by atoms with Gasteiger partial charge in [0.1, 0.15) is 0 Å². The van der Waals surface area contributed by atoms with Gasteiger partial charge in [-0.05, 0) is 50.0 Å². The number of hydrogen-bond donors (Lipinski definition) is 1. The Bertz CT molecular complexity index is 490. The molecule has 1 heterocycles. The maximum atomic E-state index is 10.7. The van der Waals surface area contributed by atoms with Crippen LogP contribution in [0.15, 0.2) is 22.7 Å². The van der Waals surface area contributed by atoms with E-state index in [-0.39, 0.29) is 10.6 Å². The van der Waals surface area contributed by atoms with Crippen molar-refractivity contribution in [2.45, 2.75) is 26.3 Å². The van der Waals surface area contributed by atoms with E-state index in [0.29, 0.717) is 5.92 Å². The van der Waals surface area contributed by atoms with Crippen molar-refractivity contribution >= 4 is 21.6 Å². The first-order chi connectivity index (χ1) is 10.1. The Morgan fingerprint density at radius 1 is 1.43 bits per heavy atom. The van der Waals surface area contributed by atoms with Gasteiger partial charge in [0.2, 0.25) is 0 Å². The number of non-ortho nitro benzene ring substituents is 1. The molecule has 1 saturated heterocycles. The van der Waals surface area contributed by atoms with Gasteiger partial charge in [-0.15, -0.1) is 0 Å². The molecule has 1 aliphatic rings. The molecule has 5 nitrogen and oxygen atoms in total. The quantitative estimate of drug-likeness (QED) is 0.602. The first-order valence-corrected chi connectivity index (χ1v) is 8.21. The molecule has 2 rings (SSSR count). The predicted octanol–water partition coefficient (Wildman–Crippen LogP) is 3.18. The molecule has 21 heavy (non-hydrogen) atoms. The summed E-state index contributed by atoms with van der Waals surface area (Å²) in [4.78, 5) is 12.8. The van der Waals surface area contributed by atoms with E-state index in [1.54, 1.807) is 18.2 Å². The zero-order valence-electron chi connectivity index (χ0n) is 12.3. The maximum Gasteiger partial charge on any atom is 0.270 e. The summed E-state index contributed by atoms with van der Waals surface area (Å²) >= 11 is 3.40. The minimum absolute atomic E-state index is 0.119. The van der Waals surface area contributed by atoms with Crippen LogP contribution in [0.25, 0.3) is 0 Å². The number of hydrogen-bond acceptors (Lipinski definition) is 4. The lowest BCUT2D eigenvalue weighted by Crippen LogP contribution is -2.31.